The number of rotatable bonds is 4. The van der Waals surface area contributed by atoms with Gasteiger partial charge in [0.15, 0.2) is 0 Å². The van der Waals surface area contributed by atoms with Gasteiger partial charge in [-0.3, -0.25) is 24.6 Å². The Morgan fingerprint density at radius 3 is 2.79 bits per heavy atom. The number of hydrogen-bond donors (Lipinski definition) is 2. The van der Waals surface area contributed by atoms with Crippen LogP contribution in [0.25, 0.3) is 0 Å². The van der Waals surface area contributed by atoms with E-state index in [1.165, 1.54) is 24.8 Å². The second kappa shape index (κ2) is 7.54. The van der Waals surface area contributed by atoms with E-state index in [9.17, 15) is 14.4 Å². The number of piperidine rings is 1. The molecule has 3 saturated heterocycles. The van der Waals surface area contributed by atoms with Crippen LogP contribution in [-0.4, -0.2) is 59.2 Å². The van der Waals surface area contributed by atoms with Gasteiger partial charge in [-0.15, -0.1) is 0 Å². The maximum absolute atomic E-state index is 12.8. The maximum atomic E-state index is 12.8. The minimum atomic E-state index is -0.547. The van der Waals surface area contributed by atoms with Gasteiger partial charge >= 0.3 is 0 Å². The van der Waals surface area contributed by atoms with Crippen LogP contribution < -0.4 is 10.6 Å². The predicted octanol–water partition coefficient (Wildman–Crippen LogP) is 1.02. The Morgan fingerprint density at radius 1 is 1.10 bits per heavy atom. The monoisotopic (exact) mass is 396 g/mol. The van der Waals surface area contributed by atoms with E-state index in [1.54, 1.807) is 4.90 Å². The van der Waals surface area contributed by atoms with Crippen LogP contribution in [0.3, 0.4) is 0 Å². The molecule has 0 saturated carbocycles. The van der Waals surface area contributed by atoms with E-state index < -0.39 is 6.04 Å². The Kier molecular flexibility index (Phi) is 4.87. The van der Waals surface area contributed by atoms with Crippen molar-refractivity contribution >= 4 is 17.7 Å². The summed E-state index contributed by atoms with van der Waals surface area (Å²) in [5.41, 5.74) is 2.90. The highest BCUT2D eigenvalue weighted by molar-refractivity contribution is 6.05. The fraction of sp³-hybridized carbons (Fsp3) is 0.591. The van der Waals surface area contributed by atoms with Crippen LogP contribution >= 0.6 is 0 Å². The molecule has 154 valence electrons. The number of nitrogens with zero attached hydrogens (tertiary/aromatic N) is 2. The molecule has 3 atom stereocenters. The molecule has 1 aromatic rings. The number of hydrogen-bond acceptors (Lipinski definition) is 5. The van der Waals surface area contributed by atoms with Gasteiger partial charge in [0.2, 0.25) is 11.8 Å². The Bertz CT molecular complexity index is 848. The second-order valence-corrected chi connectivity index (χ2v) is 8.88. The quantitative estimate of drug-likeness (QED) is 0.743. The Balaban J connectivity index is 1.24. The molecule has 3 amide bonds. The SMILES string of the molecule is O=C1CCC(N2Cc3cc(CN4CCC(C5CCCN5)C4)ccc3C2=O)C(=O)N1. The standard InChI is InChI=1S/C22H28N4O3/c27-20-6-5-19(21(28)24-20)26-13-16-10-14(3-4-17(16)22(26)29)11-25-9-7-15(12-25)18-2-1-8-23-18/h3-4,10,15,18-19,23H,1-2,5-9,11-13H2,(H,24,27,28). The summed E-state index contributed by atoms with van der Waals surface area (Å²) in [5, 5.41) is 6.00. The van der Waals surface area contributed by atoms with Crippen molar-refractivity contribution in [2.24, 2.45) is 5.92 Å². The van der Waals surface area contributed by atoms with Crippen molar-refractivity contribution in [3.63, 3.8) is 0 Å². The molecular weight excluding hydrogens is 368 g/mol. The number of nitrogens with one attached hydrogen (secondary N) is 2. The lowest BCUT2D eigenvalue weighted by molar-refractivity contribution is -0.136. The predicted molar refractivity (Wildman–Crippen MR) is 107 cm³/mol. The first kappa shape index (κ1) is 18.8. The van der Waals surface area contributed by atoms with Gasteiger partial charge in [-0.05, 0) is 61.9 Å². The van der Waals surface area contributed by atoms with E-state index in [0.717, 1.165) is 37.7 Å². The summed E-state index contributed by atoms with van der Waals surface area (Å²) >= 11 is 0. The fourth-order valence-corrected chi connectivity index (χ4v) is 5.43. The number of carbonyl (C=O) groups excluding carboxylic acids is 3. The summed E-state index contributed by atoms with van der Waals surface area (Å²) in [6.45, 7) is 4.77. The summed E-state index contributed by atoms with van der Waals surface area (Å²) in [5.74, 6) is 0.0341. The summed E-state index contributed by atoms with van der Waals surface area (Å²) in [6.07, 6.45) is 4.54. The van der Waals surface area contributed by atoms with Gasteiger partial charge < -0.3 is 10.2 Å². The van der Waals surface area contributed by atoms with Crippen molar-refractivity contribution in [1.82, 2.24) is 20.4 Å². The molecule has 0 radical (unpaired) electrons. The van der Waals surface area contributed by atoms with Crippen LogP contribution in [0.2, 0.25) is 0 Å². The molecule has 0 aliphatic carbocycles. The minimum Gasteiger partial charge on any atom is -0.322 e. The van der Waals surface area contributed by atoms with E-state index in [2.05, 4.69) is 21.6 Å². The van der Waals surface area contributed by atoms with Crippen molar-refractivity contribution in [1.29, 1.82) is 0 Å². The van der Waals surface area contributed by atoms with Crippen LogP contribution in [0.1, 0.15) is 53.6 Å². The molecule has 0 bridgehead atoms. The average molecular weight is 396 g/mol. The van der Waals surface area contributed by atoms with Gasteiger partial charge in [0, 0.05) is 37.7 Å². The van der Waals surface area contributed by atoms with E-state index in [0.29, 0.717) is 24.6 Å². The third-order valence-corrected chi connectivity index (χ3v) is 6.97. The number of fused-ring (bicyclic) bond motifs is 1. The molecule has 4 aliphatic heterocycles. The van der Waals surface area contributed by atoms with Crippen LogP contribution in [0.15, 0.2) is 18.2 Å². The molecule has 7 heteroatoms. The van der Waals surface area contributed by atoms with Crippen molar-refractivity contribution in [3.8, 4) is 0 Å². The molecule has 7 nitrogen and oxygen atoms in total. The molecule has 3 unspecified atom stereocenters. The molecule has 4 aliphatic rings. The molecule has 0 aromatic heterocycles. The topological polar surface area (TPSA) is 81.8 Å². The largest absolute Gasteiger partial charge is 0.322 e. The Labute approximate surface area is 170 Å². The van der Waals surface area contributed by atoms with E-state index in [-0.39, 0.29) is 24.1 Å². The number of carbonyl (C=O) groups is 3. The maximum Gasteiger partial charge on any atom is 0.255 e. The number of amides is 3. The fourth-order valence-electron chi connectivity index (χ4n) is 5.43. The average Bonchev–Trinajstić information content (AvgIpc) is 3.43. The van der Waals surface area contributed by atoms with Crippen LogP contribution in [0.5, 0.6) is 0 Å². The van der Waals surface area contributed by atoms with Gasteiger partial charge in [0.1, 0.15) is 6.04 Å². The zero-order chi connectivity index (χ0) is 20.0. The van der Waals surface area contributed by atoms with Crippen molar-refractivity contribution in [3.05, 3.63) is 34.9 Å². The molecule has 0 spiro atoms. The van der Waals surface area contributed by atoms with Gasteiger partial charge in [-0.1, -0.05) is 12.1 Å². The lowest BCUT2D eigenvalue weighted by Gasteiger charge is -2.29. The molecule has 2 N–H and O–H groups in total. The highest BCUT2D eigenvalue weighted by Gasteiger charge is 2.39. The van der Waals surface area contributed by atoms with Crippen LogP contribution in [0.4, 0.5) is 0 Å². The summed E-state index contributed by atoms with van der Waals surface area (Å²) < 4.78 is 0. The van der Waals surface area contributed by atoms with Crippen LogP contribution in [0, 0.1) is 5.92 Å². The number of benzene rings is 1. The van der Waals surface area contributed by atoms with E-state index in [4.69, 9.17) is 0 Å². The zero-order valence-electron chi connectivity index (χ0n) is 16.7. The van der Waals surface area contributed by atoms with Crippen molar-refractivity contribution in [2.45, 2.75) is 57.3 Å². The summed E-state index contributed by atoms with van der Waals surface area (Å²) in [7, 11) is 0. The van der Waals surface area contributed by atoms with Gasteiger partial charge in [-0.25, -0.2) is 0 Å². The van der Waals surface area contributed by atoms with Crippen molar-refractivity contribution in [2.75, 3.05) is 19.6 Å². The van der Waals surface area contributed by atoms with Crippen LogP contribution in [-0.2, 0) is 22.7 Å². The summed E-state index contributed by atoms with van der Waals surface area (Å²) in [6, 6.07) is 6.21. The van der Waals surface area contributed by atoms with Gasteiger partial charge in [0.05, 0.1) is 0 Å². The Morgan fingerprint density at radius 2 is 2.00 bits per heavy atom. The smallest absolute Gasteiger partial charge is 0.255 e. The van der Waals surface area contributed by atoms with E-state index in [1.807, 2.05) is 12.1 Å². The van der Waals surface area contributed by atoms with E-state index >= 15 is 0 Å². The molecular formula is C22H28N4O3. The highest BCUT2D eigenvalue weighted by Crippen LogP contribution is 2.30. The first-order chi connectivity index (χ1) is 14.1. The first-order valence-corrected chi connectivity index (χ1v) is 10.8. The molecule has 5 rings (SSSR count). The Hall–Kier alpha value is -2.25. The normalized spacial score (nSPS) is 30.1. The molecule has 1 aromatic carbocycles. The minimum absolute atomic E-state index is 0.102. The summed E-state index contributed by atoms with van der Waals surface area (Å²) in [4.78, 5) is 40.5. The molecule has 29 heavy (non-hydrogen) atoms. The zero-order valence-corrected chi connectivity index (χ0v) is 16.7. The number of imide groups is 1. The first-order valence-electron chi connectivity index (χ1n) is 10.8. The second-order valence-electron chi connectivity index (χ2n) is 8.88. The molecule has 3 fully saturated rings. The van der Waals surface area contributed by atoms with Crippen molar-refractivity contribution < 1.29 is 14.4 Å². The highest BCUT2D eigenvalue weighted by atomic mass is 16.2. The third kappa shape index (κ3) is 3.57. The lowest BCUT2D eigenvalue weighted by Crippen LogP contribution is -2.52. The lowest BCUT2D eigenvalue weighted by atomic mass is 9.98. The van der Waals surface area contributed by atoms with Gasteiger partial charge in [0.25, 0.3) is 5.91 Å². The number of likely N-dealkylation sites (tertiary alicyclic amines) is 1. The molecule has 4 heterocycles. The third-order valence-electron chi connectivity index (χ3n) is 6.97. The van der Waals surface area contributed by atoms with Gasteiger partial charge in [-0.2, -0.15) is 0 Å².